The topological polar surface area (TPSA) is 94.2 Å². The molecule has 0 aromatic heterocycles. The van der Waals surface area contributed by atoms with Crippen molar-refractivity contribution in [2.75, 3.05) is 25.8 Å². The summed E-state index contributed by atoms with van der Waals surface area (Å²) in [7, 11) is -2.54. The number of fused-ring (bicyclic) bond motifs is 1. The zero-order chi connectivity index (χ0) is 23.4. The zero-order valence-electron chi connectivity index (χ0n) is 18.3. The fraction of sp³-hybridized carbons (Fsp3) is 0.208. The summed E-state index contributed by atoms with van der Waals surface area (Å²) in [6.07, 6.45) is 0. The van der Waals surface area contributed by atoms with Crippen LogP contribution in [0.2, 0.25) is 0 Å². The Balaban J connectivity index is 1.62. The minimum atomic E-state index is -3.94. The first kappa shape index (κ1) is 22.6. The molecule has 3 aromatic rings. The maximum absolute atomic E-state index is 13.5. The van der Waals surface area contributed by atoms with Gasteiger partial charge in [0.2, 0.25) is 16.8 Å². The summed E-state index contributed by atoms with van der Waals surface area (Å²) in [6, 6.07) is 18.7. The summed E-state index contributed by atoms with van der Waals surface area (Å²) in [5.41, 5.74) is 1.55. The fourth-order valence-corrected chi connectivity index (χ4v) is 5.11. The Morgan fingerprint density at radius 1 is 1.03 bits per heavy atom. The number of sulfonamides is 1. The van der Waals surface area contributed by atoms with E-state index in [0.717, 1.165) is 5.56 Å². The summed E-state index contributed by atoms with van der Waals surface area (Å²) in [5.74, 6) is 0.842. The maximum Gasteiger partial charge on any atom is 0.255 e. The monoisotopic (exact) mass is 468 g/mol. The van der Waals surface area contributed by atoms with Gasteiger partial charge in [-0.25, -0.2) is 8.42 Å². The number of benzene rings is 3. The second kappa shape index (κ2) is 9.51. The predicted octanol–water partition coefficient (Wildman–Crippen LogP) is 3.89. The lowest BCUT2D eigenvalue weighted by molar-refractivity contribution is 0.102. The third kappa shape index (κ3) is 4.79. The smallest absolute Gasteiger partial charge is 0.255 e. The average molecular weight is 469 g/mol. The van der Waals surface area contributed by atoms with Gasteiger partial charge in [-0.3, -0.25) is 4.79 Å². The van der Waals surface area contributed by atoms with E-state index in [-0.39, 0.29) is 36.1 Å². The number of anilines is 1. The molecule has 0 saturated carbocycles. The number of nitrogens with one attached hydrogen (secondary N) is 1. The molecule has 3 aromatic carbocycles. The summed E-state index contributed by atoms with van der Waals surface area (Å²) in [4.78, 5) is 12.8. The van der Waals surface area contributed by atoms with Gasteiger partial charge >= 0.3 is 0 Å². The van der Waals surface area contributed by atoms with Crippen molar-refractivity contribution >= 4 is 21.6 Å². The second-order valence-corrected chi connectivity index (χ2v) is 9.21. The highest BCUT2D eigenvalue weighted by atomic mass is 32.2. The highest BCUT2D eigenvalue weighted by molar-refractivity contribution is 7.89. The molecule has 1 aliphatic heterocycles. The quantitative estimate of drug-likeness (QED) is 0.539. The number of carbonyl (C=O) groups is 1. The van der Waals surface area contributed by atoms with E-state index in [4.69, 9.17) is 14.2 Å². The van der Waals surface area contributed by atoms with Crippen LogP contribution in [-0.2, 0) is 16.6 Å². The molecule has 0 radical (unpaired) electrons. The molecular formula is C24H24N2O6S. The first-order valence-corrected chi connectivity index (χ1v) is 11.8. The molecule has 0 spiro atoms. The van der Waals surface area contributed by atoms with Crippen molar-refractivity contribution in [3.63, 3.8) is 0 Å². The van der Waals surface area contributed by atoms with Crippen LogP contribution in [0.4, 0.5) is 5.69 Å². The van der Waals surface area contributed by atoms with Crippen LogP contribution in [0.1, 0.15) is 22.8 Å². The third-order valence-electron chi connectivity index (χ3n) is 5.23. The SMILES string of the molecule is CCN(Cc1ccccc1)S(=O)(=O)c1cc(C(=O)Nc2ccc3c(c2)OCO3)ccc1OC. The highest BCUT2D eigenvalue weighted by Gasteiger charge is 2.28. The molecule has 1 heterocycles. The van der Waals surface area contributed by atoms with Gasteiger partial charge in [0.25, 0.3) is 5.91 Å². The molecule has 1 N–H and O–H groups in total. The van der Waals surface area contributed by atoms with Crippen molar-refractivity contribution in [2.45, 2.75) is 18.4 Å². The first-order chi connectivity index (χ1) is 15.9. The normalized spacial score (nSPS) is 12.6. The van der Waals surface area contributed by atoms with Gasteiger partial charge < -0.3 is 19.5 Å². The van der Waals surface area contributed by atoms with Gasteiger partial charge in [0.15, 0.2) is 11.5 Å². The third-order valence-corrected chi connectivity index (χ3v) is 7.17. The van der Waals surface area contributed by atoms with Crippen LogP contribution in [-0.4, -0.2) is 39.1 Å². The van der Waals surface area contributed by atoms with Crippen LogP contribution >= 0.6 is 0 Å². The van der Waals surface area contributed by atoms with Gasteiger partial charge in [0, 0.05) is 30.4 Å². The van der Waals surface area contributed by atoms with Crippen LogP contribution in [0.15, 0.2) is 71.6 Å². The number of carbonyl (C=O) groups excluding carboxylic acids is 1. The van der Waals surface area contributed by atoms with Crippen molar-refractivity contribution in [1.82, 2.24) is 4.31 Å². The van der Waals surface area contributed by atoms with Gasteiger partial charge in [-0.2, -0.15) is 4.31 Å². The Morgan fingerprint density at radius 2 is 1.79 bits per heavy atom. The van der Waals surface area contributed by atoms with E-state index in [1.54, 1.807) is 25.1 Å². The predicted molar refractivity (Wildman–Crippen MR) is 123 cm³/mol. The van der Waals surface area contributed by atoms with E-state index in [1.807, 2.05) is 30.3 Å². The lowest BCUT2D eigenvalue weighted by Gasteiger charge is -2.22. The molecule has 0 aliphatic carbocycles. The van der Waals surface area contributed by atoms with Crippen molar-refractivity contribution in [1.29, 1.82) is 0 Å². The van der Waals surface area contributed by atoms with E-state index in [1.165, 1.54) is 29.6 Å². The molecule has 9 heteroatoms. The minimum absolute atomic E-state index is 0.0684. The molecule has 33 heavy (non-hydrogen) atoms. The number of ether oxygens (including phenoxy) is 3. The standard InChI is InChI=1S/C24H24N2O6S/c1-3-26(15-17-7-5-4-6-8-17)33(28,29)23-13-18(9-11-21(23)30-2)24(27)25-19-10-12-20-22(14-19)32-16-31-20/h4-14H,3,15-16H2,1-2H3,(H,25,27). The Labute approximate surface area is 192 Å². The maximum atomic E-state index is 13.5. The second-order valence-electron chi connectivity index (χ2n) is 7.30. The highest BCUT2D eigenvalue weighted by Crippen LogP contribution is 2.34. The zero-order valence-corrected chi connectivity index (χ0v) is 19.1. The van der Waals surface area contributed by atoms with Gasteiger partial charge in [-0.15, -0.1) is 0 Å². The summed E-state index contributed by atoms with van der Waals surface area (Å²) in [5, 5.41) is 2.76. The number of methoxy groups -OCH3 is 1. The van der Waals surface area contributed by atoms with E-state index in [0.29, 0.717) is 17.2 Å². The Kier molecular flexibility index (Phi) is 6.52. The van der Waals surface area contributed by atoms with Crippen molar-refractivity contribution in [3.8, 4) is 17.2 Å². The Morgan fingerprint density at radius 3 is 2.52 bits per heavy atom. The van der Waals surface area contributed by atoms with Gasteiger partial charge in [-0.1, -0.05) is 37.3 Å². The lowest BCUT2D eigenvalue weighted by Crippen LogP contribution is -2.31. The number of nitrogens with zero attached hydrogens (tertiary/aromatic N) is 1. The Hall–Kier alpha value is -3.56. The molecule has 0 saturated heterocycles. The first-order valence-electron chi connectivity index (χ1n) is 10.4. The molecule has 1 amide bonds. The van der Waals surface area contributed by atoms with E-state index in [2.05, 4.69) is 5.32 Å². The molecule has 172 valence electrons. The molecule has 0 atom stereocenters. The summed E-state index contributed by atoms with van der Waals surface area (Å²) in [6.45, 7) is 2.36. The number of amides is 1. The van der Waals surface area contributed by atoms with Crippen molar-refractivity contribution in [3.05, 3.63) is 77.9 Å². The molecule has 8 nitrogen and oxygen atoms in total. The molecule has 0 bridgehead atoms. The fourth-order valence-electron chi connectivity index (χ4n) is 3.49. The van der Waals surface area contributed by atoms with Crippen LogP contribution in [0, 0.1) is 0 Å². The molecule has 1 aliphatic rings. The van der Waals surface area contributed by atoms with Crippen LogP contribution < -0.4 is 19.5 Å². The van der Waals surface area contributed by atoms with Crippen LogP contribution in [0.25, 0.3) is 0 Å². The Bertz CT molecular complexity index is 1260. The molecule has 4 rings (SSSR count). The summed E-state index contributed by atoms with van der Waals surface area (Å²) < 4.78 is 44.3. The van der Waals surface area contributed by atoms with Gasteiger partial charge in [0.1, 0.15) is 10.6 Å². The van der Waals surface area contributed by atoms with Crippen molar-refractivity contribution < 1.29 is 27.4 Å². The van der Waals surface area contributed by atoms with Crippen LogP contribution in [0.3, 0.4) is 0 Å². The van der Waals surface area contributed by atoms with Crippen molar-refractivity contribution in [2.24, 2.45) is 0 Å². The van der Waals surface area contributed by atoms with E-state index < -0.39 is 15.9 Å². The number of rotatable bonds is 8. The van der Waals surface area contributed by atoms with E-state index in [9.17, 15) is 13.2 Å². The van der Waals surface area contributed by atoms with Gasteiger partial charge in [0.05, 0.1) is 7.11 Å². The van der Waals surface area contributed by atoms with Gasteiger partial charge in [-0.05, 0) is 35.9 Å². The number of hydrogen-bond acceptors (Lipinski definition) is 6. The largest absolute Gasteiger partial charge is 0.495 e. The van der Waals surface area contributed by atoms with E-state index >= 15 is 0 Å². The lowest BCUT2D eigenvalue weighted by atomic mass is 10.2. The molecular weight excluding hydrogens is 444 g/mol. The number of hydrogen-bond donors (Lipinski definition) is 1. The summed E-state index contributed by atoms with van der Waals surface area (Å²) >= 11 is 0. The average Bonchev–Trinajstić information content (AvgIpc) is 3.30. The minimum Gasteiger partial charge on any atom is -0.495 e. The molecule has 0 unspecified atom stereocenters. The molecule has 0 fully saturated rings. The van der Waals surface area contributed by atoms with Crippen LogP contribution in [0.5, 0.6) is 17.2 Å².